The number of sulfonamides is 1. The lowest BCUT2D eigenvalue weighted by atomic mass is 10.3. The van der Waals surface area contributed by atoms with E-state index in [0.29, 0.717) is 26.3 Å². The van der Waals surface area contributed by atoms with Gasteiger partial charge in [0.2, 0.25) is 10.0 Å². The van der Waals surface area contributed by atoms with Gasteiger partial charge in [0.1, 0.15) is 5.82 Å². The molecule has 4 nitrogen and oxygen atoms in total. The molecule has 1 aliphatic heterocycles. The molecule has 0 bridgehead atoms. The average Bonchev–Trinajstić information content (AvgIpc) is 2.29. The predicted molar refractivity (Wildman–Crippen MR) is 63.7 cm³/mol. The molecular formula is C10H11BrFNO3S. The maximum Gasteiger partial charge on any atom is 0.244 e. The van der Waals surface area contributed by atoms with Crippen LogP contribution in [0.5, 0.6) is 0 Å². The largest absolute Gasteiger partial charge is 0.379 e. The van der Waals surface area contributed by atoms with Gasteiger partial charge in [0, 0.05) is 17.6 Å². The second-order valence-corrected chi connectivity index (χ2v) is 6.35. The molecule has 0 saturated carbocycles. The molecule has 0 atom stereocenters. The molecule has 0 N–H and O–H groups in total. The second-order valence-electron chi connectivity index (χ2n) is 3.59. The number of hydrogen-bond donors (Lipinski definition) is 0. The lowest BCUT2D eigenvalue weighted by Gasteiger charge is -2.26. The van der Waals surface area contributed by atoms with Crippen molar-refractivity contribution < 1.29 is 17.5 Å². The fourth-order valence-corrected chi connectivity index (χ4v) is 4.03. The summed E-state index contributed by atoms with van der Waals surface area (Å²) in [5.41, 5.74) is 0. The fraction of sp³-hybridized carbons (Fsp3) is 0.400. The van der Waals surface area contributed by atoms with Gasteiger partial charge in [0.05, 0.1) is 18.1 Å². The van der Waals surface area contributed by atoms with Crippen molar-refractivity contribution in [1.29, 1.82) is 0 Å². The fourth-order valence-electron chi connectivity index (χ4n) is 1.61. The van der Waals surface area contributed by atoms with Crippen LogP contribution in [0.2, 0.25) is 0 Å². The second kappa shape index (κ2) is 5.01. The molecule has 0 spiro atoms. The van der Waals surface area contributed by atoms with Crippen LogP contribution >= 0.6 is 15.9 Å². The Bertz CT molecular complexity index is 514. The minimum absolute atomic E-state index is 0.0841. The van der Waals surface area contributed by atoms with E-state index in [1.165, 1.54) is 10.4 Å². The molecule has 1 fully saturated rings. The molecule has 2 rings (SSSR count). The van der Waals surface area contributed by atoms with Crippen LogP contribution in [-0.4, -0.2) is 39.0 Å². The Morgan fingerprint density at radius 3 is 2.53 bits per heavy atom. The average molecular weight is 324 g/mol. The Hall–Kier alpha value is -0.500. The third-order valence-electron chi connectivity index (χ3n) is 2.48. The maximum atomic E-state index is 12.9. The van der Waals surface area contributed by atoms with Crippen LogP contribution in [-0.2, 0) is 14.8 Å². The van der Waals surface area contributed by atoms with Crippen molar-refractivity contribution in [2.45, 2.75) is 4.90 Å². The van der Waals surface area contributed by atoms with Gasteiger partial charge in [0.25, 0.3) is 0 Å². The molecule has 1 aromatic carbocycles. The van der Waals surface area contributed by atoms with E-state index in [-0.39, 0.29) is 9.37 Å². The molecule has 0 amide bonds. The summed E-state index contributed by atoms with van der Waals surface area (Å²) in [7, 11) is -3.57. The van der Waals surface area contributed by atoms with E-state index in [9.17, 15) is 12.8 Å². The lowest BCUT2D eigenvalue weighted by Crippen LogP contribution is -2.40. The molecule has 17 heavy (non-hydrogen) atoms. The molecule has 0 aromatic heterocycles. The topological polar surface area (TPSA) is 46.6 Å². The predicted octanol–water partition coefficient (Wildman–Crippen LogP) is 1.61. The number of hydrogen-bond acceptors (Lipinski definition) is 3. The zero-order valence-corrected chi connectivity index (χ0v) is 11.3. The standard InChI is InChI=1S/C10H11BrFNO3S/c11-9-7-8(12)1-2-10(9)17(14,15)13-3-5-16-6-4-13/h1-2,7H,3-6H2. The molecule has 0 unspecified atom stereocenters. The molecule has 0 aliphatic carbocycles. The van der Waals surface area contributed by atoms with Crippen molar-refractivity contribution in [2.75, 3.05) is 26.3 Å². The van der Waals surface area contributed by atoms with E-state index in [4.69, 9.17) is 4.74 Å². The Labute approximate surface area is 108 Å². The zero-order chi connectivity index (χ0) is 12.5. The summed E-state index contributed by atoms with van der Waals surface area (Å²) in [6, 6.07) is 3.55. The van der Waals surface area contributed by atoms with Crippen LogP contribution in [0, 0.1) is 5.82 Å². The highest BCUT2D eigenvalue weighted by Crippen LogP contribution is 2.26. The van der Waals surface area contributed by atoms with Crippen molar-refractivity contribution in [3.8, 4) is 0 Å². The summed E-state index contributed by atoms with van der Waals surface area (Å²) in [5, 5.41) is 0. The number of morpholine rings is 1. The van der Waals surface area contributed by atoms with Crippen LogP contribution in [0.1, 0.15) is 0 Å². The third-order valence-corrected chi connectivity index (χ3v) is 5.36. The van der Waals surface area contributed by atoms with E-state index in [2.05, 4.69) is 15.9 Å². The van der Waals surface area contributed by atoms with E-state index in [1.807, 2.05) is 0 Å². The van der Waals surface area contributed by atoms with Crippen LogP contribution in [0.4, 0.5) is 4.39 Å². The summed E-state index contributed by atoms with van der Waals surface area (Å²) in [6.07, 6.45) is 0. The maximum absolute atomic E-state index is 12.9. The molecule has 1 saturated heterocycles. The van der Waals surface area contributed by atoms with E-state index >= 15 is 0 Å². The Balaban J connectivity index is 2.37. The molecule has 94 valence electrons. The zero-order valence-electron chi connectivity index (χ0n) is 8.90. The van der Waals surface area contributed by atoms with Crippen LogP contribution in [0.15, 0.2) is 27.6 Å². The van der Waals surface area contributed by atoms with Crippen LogP contribution in [0.3, 0.4) is 0 Å². The molecule has 0 radical (unpaired) electrons. The number of benzene rings is 1. The first-order valence-corrected chi connectivity index (χ1v) is 7.28. The van der Waals surface area contributed by atoms with Crippen molar-refractivity contribution in [2.24, 2.45) is 0 Å². The Kier molecular flexibility index (Phi) is 3.82. The molecule has 1 aliphatic rings. The number of ether oxygens (including phenoxy) is 1. The number of rotatable bonds is 2. The summed E-state index contributed by atoms with van der Waals surface area (Å²) < 4.78 is 44.1. The van der Waals surface area contributed by atoms with Crippen molar-refractivity contribution in [3.05, 3.63) is 28.5 Å². The van der Waals surface area contributed by atoms with E-state index < -0.39 is 15.8 Å². The lowest BCUT2D eigenvalue weighted by molar-refractivity contribution is 0.0730. The smallest absolute Gasteiger partial charge is 0.244 e. The minimum Gasteiger partial charge on any atom is -0.379 e. The third kappa shape index (κ3) is 2.67. The Morgan fingerprint density at radius 1 is 1.29 bits per heavy atom. The quantitative estimate of drug-likeness (QED) is 0.830. The number of nitrogens with zero attached hydrogens (tertiary/aromatic N) is 1. The summed E-state index contributed by atoms with van der Waals surface area (Å²) in [5.74, 6) is -0.474. The monoisotopic (exact) mass is 323 g/mol. The molecular weight excluding hydrogens is 313 g/mol. The molecule has 1 heterocycles. The van der Waals surface area contributed by atoms with Gasteiger partial charge in [-0.15, -0.1) is 0 Å². The van der Waals surface area contributed by atoms with Gasteiger partial charge in [-0.2, -0.15) is 4.31 Å². The SMILES string of the molecule is O=S(=O)(c1ccc(F)cc1Br)N1CCOCC1. The van der Waals surface area contributed by atoms with Gasteiger partial charge in [0.15, 0.2) is 0 Å². The van der Waals surface area contributed by atoms with E-state index in [0.717, 1.165) is 12.1 Å². The molecule has 1 aromatic rings. The van der Waals surface area contributed by atoms with Crippen LogP contribution in [0.25, 0.3) is 0 Å². The van der Waals surface area contributed by atoms with Gasteiger partial charge < -0.3 is 4.74 Å². The van der Waals surface area contributed by atoms with Gasteiger partial charge in [-0.1, -0.05) is 0 Å². The van der Waals surface area contributed by atoms with Crippen molar-refractivity contribution in [3.63, 3.8) is 0 Å². The van der Waals surface area contributed by atoms with Crippen LogP contribution < -0.4 is 0 Å². The first-order valence-electron chi connectivity index (χ1n) is 5.05. The van der Waals surface area contributed by atoms with Crippen molar-refractivity contribution in [1.82, 2.24) is 4.31 Å². The van der Waals surface area contributed by atoms with Crippen molar-refractivity contribution >= 4 is 26.0 Å². The highest BCUT2D eigenvalue weighted by atomic mass is 79.9. The van der Waals surface area contributed by atoms with Gasteiger partial charge in [-0.05, 0) is 34.1 Å². The minimum atomic E-state index is -3.57. The summed E-state index contributed by atoms with van der Waals surface area (Å²) in [4.78, 5) is 0.0841. The summed E-state index contributed by atoms with van der Waals surface area (Å²) >= 11 is 3.07. The van der Waals surface area contributed by atoms with Gasteiger partial charge in [-0.3, -0.25) is 0 Å². The number of halogens is 2. The first-order chi connectivity index (χ1) is 8.01. The molecule has 7 heteroatoms. The first kappa shape index (κ1) is 12.9. The Morgan fingerprint density at radius 2 is 1.94 bits per heavy atom. The van der Waals surface area contributed by atoms with E-state index in [1.54, 1.807) is 0 Å². The highest BCUT2D eigenvalue weighted by molar-refractivity contribution is 9.10. The highest BCUT2D eigenvalue weighted by Gasteiger charge is 2.28. The van der Waals surface area contributed by atoms with Gasteiger partial charge in [-0.25, -0.2) is 12.8 Å². The summed E-state index contributed by atoms with van der Waals surface area (Å²) in [6.45, 7) is 1.42. The normalized spacial score (nSPS) is 18.2. The van der Waals surface area contributed by atoms with Gasteiger partial charge >= 0.3 is 0 Å².